The molecule has 0 aliphatic heterocycles. The Labute approximate surface area is 116 Å². The summed E-state index contributed by atoms with van der Waals surface area (Å²) in [6, 6.07) is 8.49. The van der Waals surface area contributed by atoms with Crippen LogP contribution < -0.4 is 4.74 Å². The molecule has 1 aliphatic carbocycles. The normalized spacial score (nSPS) is 18.6. The number of rotatable bonds is 5. The van der Waals surface area contributed by atoms with Gasteiger partial charge >= 0.3 is 0 Å². The molecule has 0 bridgehead atoms. The highest BCUT2D eigenvalue weighted by atomic mass is 32.1. The summed E-state index contributed by atoms with van der Waals surface area (Å²) in [5.41, 5.74) is 1.68. The highest BCUT2D eigenvalue weighted by molar-refractivity contribution is 7.80. The van der Waals surface area contributed by atoms with Gasteiger partial charge in [0.1, 0.15) is 5.75 Å². The van der Waals surface area contributed by atoms with Crippen molar-refractivity contribution >= 4 is 12.6 Å². The standard InChI is InChI=1S/C16H24OS/c1-2-14-6-8-15(9-7-14)17-12-16(13-18)10-4-3-5-11-16/h6-9,18H,2-5,10-13H2,1H3. The van der Waals surface area contributed by atoms with Gasteiger partial charge < -0.3 is 4.74 Å². The monoisotopic (exact) mass is 264 g/mol. The number of aryl methyl sites for hydroxylation is 1. The number of hydrogen-bond donors (Lipinski definition) is 1. The Bertz CT molecular complexity index is 352. The molecule has 0 atom stereocenters. The SMILES string of the molecule is CCc1ccc(OCC2(CS)CCCCC2)cc1. The number of ether oxygens (including phenoxy) is 1. The number of benzene rings is 1. The Morgan fingerprint density at radius 3 is 2.33 bits per heavy atom. The summed E-state index contributed by atoms with van der Waals surface area (Å²) >= 11 is 4.55. The van der Waals surface area contributed by atoms with Gasteiger partial charge in [-0.05, 0) is 42.7 Å². The van der Waals surface area contributed by atoms with Crippen LogP contribution in [-0.2, 0) is 6.42 Å². The van der Waals surface area contributed by atoms with Crippen LogP contribution in [0.1, 0.15) is 44.6 Å². The third-order valence-electron chi connectivity index (χ3n) is 4.13. The fraction of sp³-hybridized carbons (Fsp3) is 0.625. The molecule has 0 aromatic heterocycles. The van der Waals surface area contributed by atoms with Gasteiger partial charge in [0.15, 0.2) is 0 Å². The highest BCUT2D eigenvalue weighted by Gasteiger charge is 2.31. The zero-order valence-corrected chi connectivity index (χ0v) is 12.2. The first-order chi connectivity index (χ1) is 8.78. The van der Waals surface area contributed by atoms with Crippen molar-refractivity contribution in [3.63, 3.8) is 0 Å². The van der Waals surface area contributed by atoms with E-state index in [1.807, 2.05) is 0 Å². The lowest BCUT2D eigenvalue weighted by atomic mass is 9.76. The van der Waals surface area contributed by atoms with E-state index in [-0.39, 0.29) is 0 Å². The van der Waals surface area contributed by atoms with E-state index < -0.39 is 0 Å². The maximum absolute atomic E-state index is 5.99. The molecule has 18 heavy (non-hydrogen) atoms. The second-order valence-electron chi connectivity index (χ2n) is 5.50. The first-order valence-corrected chi connectivity index (χ1v) is 7.74. The molecule has 0 radical (unpaired) electrons. The molecule has 0 spiro atoms. The maximum Gasteiger partial charge on any atom is 0.119 e. The van der Waals surface area contributed by atoms with Gasteiger partial charge in [-0.25, -0.2) is 0 Å². The van der Waals surface area contributed by atoms with Crippen molar-refractivity contribution in [1.82, 2.24) is 0 Å². The number of hydrogen-bond acceptors (Lipinski definition) is 2. The Morgan fingerprint density at radius 2 is 1.78 bits per heavy atom. The minimum atomic E-state index is 0.310. The molecule has 100 valence electrons. The molecule has 2 rings (SSSR count). The smallest absolute Gasteiger partial charge is 0.119 e. The summed E-state index contributed by atoms with van der Waals surface area (Å²) in [5.74, 6) is 1.94. The highest BCUT2D eigenvalue weighted by Crippen LogP contribution is 2.37. The lowest BCUT2D eigenvalue weighted by Crippen LogP contribution is -2.32. The average molecular weight is 264 g/mol. The molecule has 2 heteroatoms. The zero-order valence-electron chi connectivity index (χ0n) is 11.3. The van der Waals surface area contributed by atoms with Crippen LogP contribution in [0.15, 0.2) is 24.3 Å². The quantitative estimate of drug-likeness (QED) is 0.770. The molecule has 0 heterocycles. The molecule has 1 saturated carbocycles. The van der Waals surface area contributed by atoms with Crippen molar-refractivity contribution < 1.29 is 4.74 Å². The van der Waals surface area contributed by atoms with E-state index in [9.17, 15) is 0 Å². The summed E-state index contributed by atoms with van der Waals surface area (Å²) < 4.78 is 5.99. The first kappa shape index (κ1) is 13.8. The molecular formula is C16H24OS. The van der Waals surface area contributed by atoms with Crippen LogP contribution >= 0.6 is 12.6 Å². The second-order valence-corrected chi connectivity index (χ2v) is 5.82. The van der Waals surface area contributed by atoms with Gasteiger partial charge in [0, 0.05) is 5.41 Å². The Morgan fingerprint density at radius 1 is 1.11 bits per heavy atom. The van der Waals surface area contributed by atoms with E-state index in [0.717, 1.165) is 24.5 Å². The molecule has 1 fully saturated rings. The number of thiol groups is 1. The van der Waals surface area contributed by atoms with E-state index in [1.54, 1.807) is 0 Å². The average Bonchev–Trinajstić information content (AvgIpc) is 2.47. The molecule has 0 N–H and O–H groups in total. The van der Waals surface area contributed by atoms with E-state index in [1.165, 1.54) is 37.7 Å². The molecule has 1 nitrogen and oxygen atoms in total. The first-order valence-electron chi connectivity index (χ1n) is 7.11. The van der Waals surface area contributed by atoms with Crippen molar-refractivity contribution in [2.75, 3.05) is 12.4 Å². The lowest BCUT2D eigenvalue weighted by molar-refractivity contribution is 0.121. The van der Waals surface area contributed by atoms with Gasteiger partial charge in [-0.1, -0.05) is 38.3 Å². The Balaban J connectivity index is 1.92. The van der Waals surface area contributed by atoms with Gasteiger partial charge in [0.25, 0.3) is 0 Å². The van der Waals surface area contributed by atoms with Crippen molar-refractivity contribution in [2.45, 2.75) is 45.4 Å². The summed E-state index contributed by atoms with van der Waals surface area (Å²) in [5, 5.41) is 0. The summed E-state index contributed by atoms with van der Waals surface area (Å²) in [4.78, 5) is 0. The van der Waals surface area contributed by atoms with Crippen LogP contribution in [0, 0.1) is 5.41 Å². The van der Waals surface area contributed by atoms with Crippen LogP contribution in [-0.4, -0.2) is 12.4 Å². The third-order valence-corrected chi connectivity index (χ3v) is 4.80. The summed E-state index contributed by atoms with van der Waals surface area (Å²) in [6.45, 7) is 3.00. The van der Waals surface area contributed by atoms with Gasteiger partial charge in [0.2, 0.25) is 0 Å². The largest absolute Gasteiger partial charge is 0.493 e. The summed E-state index contributed by atoms with van der Waals surface area (Å²) in [7, 11) is 0. The van der Waals surface area contributed by atoms with Crippen molar-refractivity contribution in [2.24, 2.45) is 5.41 Å². The van der Waals surface area contributed by atoms with E-state index in [2.05, 4.69) is 43.8 Å². The predicted molar refractivity (Wildman–Crippen MR) is 80.7 cm³/mol. The minimum absolute atomic E-state index is 0.310. The van der Waals surface area contributed by atoms with Crippen LogP contribution in [0.2, 0.25) is 0 Å². The summed E-state index contributed by atoms with van der Waals surface area (Å²) in [6.07, 6.45) is 7.66. The Hall–Kier alpha value is -0.630. The molecular weight excluding hydrogens is 240 g/mol. The van der Waals surface area contributed by atoms with E-state index in [4.69, 9.17) is 4.74 Å². The maximum atomic E-state index is 5.99. The molecule has 0 saturated heterocycles. The van der Waals surface area contributed by atoms with Crippen molar-refractivity contribution in [3.8, 4) is 5.75 Å². The topological polar surface area (TPSA) is 9.23 Å². The van der Waals surface area contributed by atoms with Gasteiger partial charge in [-0.3, -0.25) is 0 Å². The van der Waals surface area contributed by atoms with Crippen LogP contribution in [0.5, 0.6) is 5.75 Å². The Kier molecular flexibility index (Phi) is 4.99. The zero-order chi connectivity index (χ0) is 12.8. The van der Waals surface area contributed by atoms with Gasteiger partial charge in [-0.2, -0.15) is 12.6 Å². The molecule has 1 aromatic rings. The van der Waals surface area contributed by atoms with Crippen LogP contribution in [0.3, 0.4) is 0 Å². The second kappa shape index (κ2) is 6.51. The van der Waals surface area contributed by atoms with Crippen LogP contribution in [0.4, 0.5) is 0 Å². The van der Waals surface area contributed by atoms with Gasteiger partial charge in [0.05, 0.1) is 6.61 Å². The molecule has 0 unspecified atom stereocenters. The molecule has 0 amide bonds. The molecule has 1 aliphatic rings. The third kappa shape index (κ3) is 3.44. The lowest BCUT2D eigenvalue weighted by Gasteiger charge is -2.35. The molecule has 1 aromatic carbocycles. The van der Waals surface area contributed by atoms with Crippen LogP contribution in [0.25, 0.3) is 0 Å². The van der Waals surface area contributed by atoms with Crippen molar-refractivity contribution in [3.05, 3.63) is 29.8 Å². The van der Waals surface area contributed by atoms with Crippen molar-refractivity contribution in [1.29, 1.82) is 0 Å². The van der Waals surface area contributed by atoms with E-state index >= 15 is 0 Å². The fourth-order valence-corrected chi connectivity index (χ4v) is 3.12. The minimum Gasteiger partial charge on any atom is -0.493 e. The van der Waals surface area contributed by atoms with Gasteiger partial charge in [-0.15, -0.1) is 0 Å². The van der Waals surface area contributed by atoms with E-state index in [0.29, 0.717) is 5.41 Å². The fourth-order valence-electron chi connectivity index (χ4n) is 2.71. The predicted octanol–water partition coefficient (Wildman–Crippen LogP) is 4.51.